The van der Waals surface area contributed by atoms with Crippen LogP contribution in [0, 0.1) is 0 Å². The first kappa shape index (κ1) is 19.7. The maximum Gasteiger partial charge on any atom is 0.418 e. The average Bonchev–Trinajstić information content (AvgIpc) is 2.96. The van der Waals surface area contributed by atoms with E-state index in [9.17, 15) is 18.0 Å². The fourth-order valence-electron chi connectivity index (χ4n) is 3.36. The number of amides is 1. The maximum absolute atomic E-state index is 13.1. The minimum absolute atomic E-state index is 0.0560. The molecule has 2 atom stereocenters. The summed E-state index contributed by atoms with van der Waals surface area (Å²) in [4.78, 5) is 14.2. The van der Waals surface area contributed by atoms with Crippen LogP contribution in [0.1, 0.15) is 17.0 Å². The summed E-state index contributed by atoms with van der Waals surface area (Å²) in [5.41, 5.74) is 5.89. The largest absolute Gasteiger partial charge is 0.418 e. The fourth-order valence-corrected chi connectivity index (χ4v) is 3.59. The Kier molecular flexibility index (Phi) is 5.74. The number of benzene rings is 2. The molecule has 3 N–H and O–H groups in total. The highest BCUT2D eigenvalue weighted by atomic mass is 35.5. The molecule has 1 heterocycles. The van der Waals surface area contributed by atoms with Crippen molar-refractivity contribution < 1.29 is 18.0 Å². The van der Waals surface area contributed by atoms with Gasteiger partial charge in [0.1, 0.15) is 0 Å². The van der Waals surface area contributed by atoms with Crippen LogP contribution in [0.5, 0.6) is 0 Å². The normalized spacial score (nSPS) is 20.6. The van der Waals surface area contributed by atoms with Gasteiger partial charge >= 0.3 is 6.18 Å². The van der Waals surface area contributed by atoms with Crippen LogP contribution < -0.4 is 11.1 Å². The van der Waals surface area contributed by atoms with E-state index in [4.69, 9.17) is 17.3 Å². The van der Waals surface area contributed by atoms with Crippen molar-refractivity contribution in [2.75, 3.05) is 25.0 Å². The van der Waals surface area contributed by atoms with Gasteiger partial charge in [0.25, 0.3) is 0 Å². The van der Waals surface area contributed by atoms with Crippen molar-refractivity contribution in [3.8, 4) is 0 Å². The lowest BCUT2D eigenvalue weighted by Gasteiger charge is -2.18. The highest BCUT2D eigenvalue weighted by molar-refractivity contribution is 6.34. The van der Waals surface area contributed by atoms with Gasteiger partial charge in [0.2, 0.25) is 5.91 Å². The Morgan fingerprint density at radius 3 is 2.52 bits per heavy atom. The lowest BCUT2D eigenvalue weighted by Crippen LogP contribution is -2.34. The van der Waals surface area contributed by atoms with Gasteiger partial charge in [-0.05, 0) is 17.7 Å². The van der Waals surface area contributed by atoms with E-state index in [0.29, 0.717) is 13.1 Å². The summed E-state index contributed by atoms with van der Waals surface area (Å²) >= 11 is 5.87. The molecule has 1 amide bonds. The van der Waals surface area contributed by atoms with Crippen LogP contribution >= 0.6 is 11.6 Å². The molecule has 0 bridgehead atoms. The van der Waals surface area contributed by atoms with Crippen LogP contribution in [-0.4, -0.2) is 36.5 Å². The topological polar surface area (TPSA) is 58.4 Å². The van der Waals surface area contributed by atoms with Crippen molar-refractivity contribution in [2.45, 2.75) is 18.1 Å². The molecule has 0 saturated carbocycles. The third-order valence-corrected chi connectivity index (χ3v) is 4.93. The van der Waals surface area contributed by atoms with Crippen molar-refractivity contribution in [1.82, 2.24) is 4.90 Å². The SMILES string of the molecule is N[C@@H]1CN(CC(=O)Nc2c(Cl)cccc2C(F)(F)F)C[C@H]1c1ccccc1. The smallest absolute Gasteiger partial charge is 0.326 e. The Morgan fingerprint density at radius 1 is 1.15 bits per heavy atom. The Bertz CT molecular complexity index is 814. The molecule has 144 valence electrons. The van der Waals surface area contributed by atoms with E-state index >= 15 is 0 Å². The second kappa shape index (κ2) is 7.88. The predicted molar refractivity (Wildman–Crippen MR) is 98.7 cm³/mol. The number of nitrogens with two attached hydrogens (primary N) is 1. The van der Waals surface area contributed by atoms with Gasteiger partial charge in [-0.15, -0.1) is 0 Å². The fraction of sp³-hybridized carbons (Fsp3) is 0.316. The molecular weight excluding hydrogens is 379 g/mol. The molecule has 3 rings (SSSR count). The lowest BCUT2D eigenvalue weighted by molar-refractivity contribution is -0.137. The summed E-state index contributed by atoms with van der Waals surface area (Å²) in [5.74, 6) is -0.487. The summed E-state index contributed by atoms with van der Waals surface area (Å²) in [7, 11) is 0. The molecule has 8 heteroatoms. The van der Waals surface area contributed by atoms with Gasteiger partial charge in [-0.25, -0.2) is 0 Å². The van der Waals surface area contributed by atoms with E-state index in [1.54, 1.807) is 0 Å². The summed E-state index contributed by atoms with van der Waals surface area (Å²) < 4.78 is 39.4. The van der Waals surface area contributed by atoms with Crippen molar-refractivity contribution in [3.63, 3.8) is 0 Å². The van der Waals surface area contributed by atoms with Crippen LogP contribution in [-0.2, 0) is 11.0 Å². The number of alkyl halides is 3. The first-order chi connectivity index (χ1) is 12.8. The summed E-state index contributed by atoms with van der Waals surface area (Å²) in [6, 6.07) is 13.0. The molecule has 0 spiro atoms. The first-order valence-electron chi connectivity index (χ1n) is 8.44. The van der Waals surface area contributed by atoms with Gasteiger partial charge < -0.3 is 11.1 Å². The highest BCUT2D eigenvalue weighted by Gasteiger charge is 2.36. The van der Waals surface area contributed by atoms with Crippen LogP contribution in [0.2, 0.25) is 5.02 Å². The number of rotatable bonds is 4. The highest BCUT2D eigenvalue weighted by Crippen LogP contribution is 2.38. The number of nitrogens with zero attached hydrogens (tertiary/aromatic N) is 1. The zero-order valence-corrected chi connectivity index (χ0v) is 15.1. The van der Waals surface area contributed by atoms with Crippen LogP contribution in [0.15, 0.2) is 48.5 Å². The summed E-state index contributed by atoms with van der Waals surface area (Å²) in [6.07, 6.45) is -4.61. The van der Waals surface area contributed by atoms with Crippen molar-refractivity contribution in [1.29, 1.82) is 0 Å². The quantitative estimate of drug-likeness (QED) is 0.826. The van der Waals surface area contributed by atoms with E-state index in [0.717, 1.165) is 11.6 Å². The van der Waals surface area contributed by atoms with E-state index in [1.165, 1.54) is 12.1 Å². The molecule has 1 aliphatic heterocycles. The Hall–Kier alpha value is -2.09. The van der Waals surface area contributed by atoms with Crippen molar-refractivity contribution in [2.24, 2.45) is 5.73 Å². The summed E-state index contributed by atoms with van der Waals surface area (Å²) in [5, 5.41) is 2.15. The van der Waals surface area contributed by atoms with Crippen LogP contribution in [0.4, 0.5) is 18.9 Å². The standard InChI is InChI=1S/C19H19ClF3N3O/c20-15-8-4-7-14(19(21,22)23)18(15)25-17(27)11-26-9-13(16(24)10-26)12-5-2-1-3-6-12/h1-8,13,16H,9-11,24H2,(H,25,27)/t13-,16+/m0/s1. The minimum atomic E-state index is -4.61. The van der Waals surface area contributed by atoms with E-state index in [1.807, 2.05) is 35.2 Å². The molecular formula is C19H19ClF3N3O. The third-order valence-electron chi connectivity index (χ3n) is 4.62. The number of anilines is 1. The molecule has 0 unspecified atom stereocenters. The summed E-state index contributed by atoms with van der Waals surface area (Å²) in [6.45, 7) is 0.994. The predicted octanol–water partition coefficient (Wildman–Crippen LogP) is 3.72. The molecule has 0 radical (unpaired) electrons. The van der Waals surface area contributed by atoms with Gasteiger partial charge in [-0.1, -0.05) is 48.0 Å². The number of para-hydroxylation sites is 1. The average molecular weight is 398 g/mol. The first-order valence-corrected chi connectivity index (χ1v) is 8.82. The van der Waals surface area contributed by atoms with Gasteiger partial charge in [0, 0.05) is 25.0 Å². The number of carbonyl (C=O) groups is 1. The van der Waals surface area contributed by atoms with E-state index in [2.05, 4.69) is 5.32 Å². The van der Waals surface area contributed by atoms with Crippen molar-refractivity contribution in [3.05, 3.63) is 64.7 Å². The van der Waals surface area contributed by atoms with Crippen LogP contribution in [0.3, 0.4) is 0 Å². The molecule has 1 fully saturated rings. The van der Waals surface area contributed by atoms with E-state index < -0.39 is 23.3 Å². The number of likely N-dealkylation sites (tertiary alicyclic amines) is 1. The molecule has 1 aliphatic rings. The monoisotopic (exact) mass is 397 g/mol. The maximum atomic E-state index is 13.1. The molecule has 2 aromatic carbocycles. The molecule has 0 aliphatic carbocycles. The second-order valence-electron chi connectivity index (χ2n) is 6.58. The number of carbonyl (C=O) groups excluding carboxylic acids is 1. The van der Waals surface area contributed by atoms with Crippen LogP contribution in [0.25, 0.3) is 0 Å². The molecule has 2 aromatic rings. The number of nitrogens with one attached hydrogen (secondary N) is 1. The van der Waals surface area contributed by atoms with Gasteiger partial charge in [-0.2, -0.15) is 13.2 Å². The number of hydrogen-bond acceptors (Lipinski definition) is 3. The Morgan fingerprint density at radius 2 is 1.85 bits per heavy atom. The molecule has 27 heavy (non-hydrogen) atoms. The molecule has 4 nitrogen and oxygen atoms in total. The molecule has 1 saturated heterocycles. The Balaban J connectivity index is 1.68. The zero-order valence-electron chi connectivity index (χ0n) is 14.3. The third kappa shape index (κ3) is 4.61. The number of hydrogen-bond donors (Lipinski definition) is 2. The van der Waals surface area contributed by atoms with Gasteiger partial charge in [0.15, 0.2) is 0 Å². The Labute approximate surface area is 160 Å². The van der Waals surface area contributed by atoms with Gasteiger partial charge in [0.05, 0.1) is 22.8 Å². The van der Waals surface area contributed by atoms with Gasteiger partial charge in [-0.3, -0.25) is 9.69 Å². The minimum Gasteiger partial charge on any atom is -0.326 e. The van der Waals surface area contributed by atoms with Crippen molar-refractivity contribution >= 4 is 23.2 Å². The van der Waals surface area contributed by atoms with E-state index in [-0.39, 0.29) is 23.5 Å². The molecule has 0 aromatic heterocycles. The zero-order chi connectivity index (χ0) is 19.6. The number of halogens is 4. The second-order valence-corrected chi connectivity index (χ2v) is 6.99. The lowest BCUT2D eigenvalue weighted by atomic mass is 9.95.